The van der Waals surface area contributed by atoms with E-state index in [-0.39, 0.29) is 5.97 Å². The highest BCUT2D eigenvalue weighted by atomic mass is 32.1. The Hall–Kier alpha value is -1.68. The second-order valence-electron chi connectivity index (χ2n) is 4.22. The predicted molar refractivity (Wildman–Crippen MR) is 73.1 cm³/mol. The molecule has 0 saturated heterocycles. The number of aromatic nitrogens is 1. The van der Waals surface area contributed by atoms with Crippen molar-refractivity contribution >= 4 is 17.3 Å². The number of hydrogen-bond donors (Lipinski definition) is 0. The molecule has 1 aromatic carbocycles. The van der Waals surface area contributed by atoms with Gasteiger partial charge in [-0.2, -0.15) is 0 Å². The van der Waals surface area contributed by atoms with Crippen LogP contribution in [-0.4, -0.2) is 18.1 Å². The van der Waals surface area contributed by atoms with Crippen molar-refractivity contribution in [2.45, 2.75) is 20.8 Å². The molecule has 0 spiro atoms. The lowest BCUT2D eigenvalue weighted by molar-refractivity contribution is 0.0595. The van der Waals surface area contributed by atoms with Crippen LogP contribution >= 0.6 is 11.3 Å². The first kappa shape index (κ1) is 12.8. The van der Waals surface area contributed by atoms with Crippen molar-refractivity contribution in [3.63, 3.8) is 0 Å². The van der Waals surface area contributed by atoms with E-state index in [4.69, 9.17) is 4.74 Å². The van der Waals surface area contributed by atoms with Gasteiger partial charge in [-0.15, -0.1) is 11.3 Å². The van der Waals surface area contributed by atoms with E-state index in [2.05, 4.69) is 18.0 Å². The van der Waals surface area contributed by atoms with Crippen LogP contribution in [-0.2, 0) is 4.74 Å². The number of ether oxygens (including phenoxy) is 1. The number of carbonyl (C=O) groups is 1. The zero-order valence-electron chi connectivity index (χ0n) is 10.9. The molecule has 0 saturated carbocycles. The first-order valence-electron chi connectivity index (χ1n) is 5.66. The quantitative estimate of drug-likeness (QED) is 0.776. The van der Waals surface area contributed by atoms with Crippen LogP contribution in [0.15, 0.2) is 18.2 Å². The zero-order valence-corrected chi connectivity index (χ0v) is 11.7. The van der Waals surface area contributed by atoms with E-state index in [1.165, 1.54) is 24.0 Å². The second-order valence-corrected chi connectivity index (χ2v) is 5.42. The smallest absolute Gasteiger partial charge is 0.358 e. The molecule has 0 aliphatic heterocycles. The summed E-state index contributed by atoms with van der Waals surface area (Å²) in [6.45, 7) is 5.98. The fourth-order valence-corrected chi connectivity index (χ4v) is 2.91. The zero-order chi connectivity index (χ0) is 13.3. The van der Waals surface area contributed by atoms with E-state index in [9.17, 15) is 4.79 Å². The van der Waals surface area contributed by atoms with E-state index in [1.807, 2.05) is 26.0 Å². The van der Waals surface area contributed by atoms with Crippen molar-refractivity contribution in [2.75, 3.05) is 7.11 Å². The van der Waals surface area contributed by atoms with Crippen LogP contribution < -0.4 is 0 Å². The van der Waals surface area contributed by atoms with E-state index < -0.39 is 0 Å². The van der Waals surface area contributed by atoms with Crippen LogP contribution in [0, 0.1) is 20.8 Å². The lowest BCUT2D eigenvalue weighted by Crippen LogP contribution is -2.03. The summed E-state index contributed by atoms with van der Waals surface area (Å²) >= 11 is 1.52. The third-order valence-corrected chi connectivity index (χ3v) is 3.74. The van der Waals surface area contributed by atoms with Gasteiger partial charge in [-0.05, 0) is 31.9 Å². The summed E-state index contributed by atoms with van der Waals surface area (Å²) in [4.78, 5) is 16.9. The van der Waals surface area contributed by atoms with Crippen LogP contribution in [0.2, 0.25) is 0 Å². The van der Waals surface area contributed by atoms with E-state index in [0.717, 1.165) is 21.0 Å². The number of hydrogen-bond acceptors (Lipinski definition) is 4. The fourth-order valence-electron chi connectivity index (χ4n) is 1.91. The van der Waals surface area contributed by atoms with Gasteiger partial charge in [-0.1, -0.05) is 23.8 Å². The minimum atomic E-state index is -0.380. The molecular formula is C14H15NO2S. The molecule has 0 aliphatic rings. The molecule has 0 amide bonds. The standard InChI is InChI=1S/C14H15NO2S/c1-8-5-6-11(9(2)7-8)13-12(14(16)17-4)15-10(3)18-13/h5-7H,1-4H3. The number of benzene rings is 1. The molecule has 0 bridgehead atoms. The van der Waals surface area contributed by atoms with E-state index >= 15 is 0 Å². The van der Waals surface area contributed by atoms with Crippen LogP contribution in [0.4, 0.5) is 0 Å². The Kier molecular flexibility index (Phi) is 3.48. The number of nitrogens with zero attached hydrogens (tertiary/aromatic N) is 1. The Morgan fingerprint density at radius 1 is 1.28 bits per heavy atom. The lowest BCUT2D eigenvalue weighted by atomic mass is 10.0. The molecule has 1 heterocycles. The maximum absolute atomic E-state index is 11.7. The van der Waals surface area contributed by atoms with Crippen LogP contribution in [0.5, 0.6) is 0 Å². The molecule has 0 N–H and O–H groups in total. The number of aryl methyl sites for hydroxylation is 3. The monoisotopic (exact) mass is 261 g/mol. The Bertz CT molecular complexity index is 602. The molecule has 1 aromatic heterocycles. The van der Waals surface area contributed by atoms with E-state index in [1.54, 1.807) is 0 Å². The fraction of sp³-hybridized carbons (Fsp3) is 0.286. The normalized spacial score (nSPS) is 10.4. The second kappa shape index (κ2) is 4.90. The SMILES string of the molecule is COC(=O)c1nc(C)sc1-c1ccc(C)cc1C. The topological polar surface area (TPSA) is 39.2 Å². The predicted octanol–water partition coefficient (Wildman–Crippen LogP) is 3.52. The van der Waals surface area contributed by atoms with Gasteiger partial charge in [0.05, 0.1) is 17.0 Å². The van der Waals surface area contributed by atoms with Gasteiger partial charge < -0.3 is 4.74 Å². The Balaban J connectivity index is 2.60. The molecule has 18 heavy (non-hydrogen) atoms. The minimum absolute atomic E-state index is 0.380. The molecule has 0 fully saturated rings. The Morgan fingerprint density at radius 3 is 2.61 bits per heavy atom. The molecule has 2 rings (SSSR count). The highest BCUT2D eigenvalue weighted by Gasteiger charge is 2.19. The molecular weight excluding hydrogens is 246 g/mol. The highest BCUT2D eigenvalue weighted by Crippen LogP contribution is 2.33. The van der Waals surface area contributed by atoms with Gasteiger partial charge in [-0.25, -0.2) is 9.78 Å². The molecule has 4 heteroatoms. The summed E-state index contributed by atoms with van der Waals surface area (Å²) in [6, 6.07) is 6.17. The molecule has 0 radical (unpaired) electrons. The number of carbonyl (C=O) groups excluding carboxylic acids is 1. The molecule has 0 aliphatic carbocycles. The first-order chi connectivity index (χ1) is 8.52. The average Bonchev–Trinajstić information content (AvgIpc) is 2.70. The van der Waals surface area contributed by atoms with Crippen molar-refractivity contribution in [1.29, 1.82) is 0 Å². The summed E-state index contributed by atoms with van der Waals surface area (Å²) in [6.07, 6.45) is 0. The average molecular weight is 261 g/mol. The van der Waals surface area contributed by atoms with Crippen LogP contribution in [0.1, 0.15) is 26.6 Å². The van der Waals surface area contributed by atoms with Crippen molar-refractivity contribution in [3.8, 4) is 10.4 Å². The van der Waals surface area contributed by atoms with Crippen molar-refractivity contribution in [3.05, 3.63) is 40.0 Å². The third-order valence-electron chi connectivity index (χ3n) is 2.74. The lowest BCUT2D eigenvalue weighted by Gasteiger charge is -2.06. The summed E-state index contributed by atoms with van der Waals surface area (Å²) in [7, 11) is 1.38. The van der Waals surface area contributed by atoms with Gasteiger partial charge >= 0.3 is 5.97 Å². The number of methoxy groups -OCH3 is 1. The molecule has 3 nitrogen and oxygen atoms in total. The summed E-state index contributed by atoms with van der Waals surface area (Å²) < 4.78 is 4.78. The van der Waals surface area contributed by atoms with Gasteiger partial charge in [-0.3, -0.25) is 0 Å². The molecule has 94 valence electrons. The molecule has 2 aromatic rings. The molecule has 0 unspecified atom stereocenters. The first-order valence-corrected chi connectivity index (χ1v) is 6.48. The number of rotatable bonds is 2. The van der Waals surface area contributed by atoms with E-state index in [0.29, 0.717) is 5.69 Å². The van der Waals surface area contributed by atoms with Crippen LogP contribution in [0.25, 0.3) is 10.4 Å². The maximum atomic E-state index is 11.7. The largest absolute Gasteiger partial charge is 0.464 e. The number of thiazole rings is 1. The van der Waals surface area contributed by atoms with Gasteiger partial charge in [0.2, 0.25) is 0 Å². The molecule has 0 atom stereocenters. The van der Waals surface area contributed by atoms with Crippen molar-refractivity contribution in [2.24, 2.45) is 0 Å². The third kappa shape index (κ3) is 2.29. The Morgan fingerprint density at radius 2 is 2.00 bits per heavy atom. The Labute approximate surface area is 110 Å². The summed E-state index contributed by atoms with van der Waals surface area (Å²) in [5, 5.41) is 0.866. The summed E-state index contributed by atoms with van der Waals surface area (Å²) in [5.74, 6) is -0.380. The van der Waals surface area contributed by atoms with Gasteiger partial charge in [0.15, 0.2) is 5.69 Å². The van der Waals surface area contributed by atoms with Crippen molar-refractivity contribution in [1.82, 2.24) is 4.98 Å². The van der Waals surface area contributed by atoms with Crippen molar-refractivity contribution < 1.29 is 9.53 Å². The van der Waals surface area contributed by atoms with Crippen LogP contribution in [0.3, 0.4) is 0 Å². The van der Waals surface area contributed by atoms with Gasteiger partial charge in [0.25, 0.3) is 0 Å². The number of esters is 1. The minimum Gasteiger partial charge on any atom is -0.464 e. The van der Waals surface area contributed by atoms with Gasteiger partial charge in [0, 0.05) is 0 Å². The summed E-state index contributed by atoms with van der Waals surface area (Å²) in [5.41, 5.74) is 3.81. The maximum Gasteiger partial charge on any atom is 0.358 e. The van der Waals surface area contributed by atoms with Gasteiger partial charge in [0.1, 0.15) is 0 Å². The highest BCUT2D eigenvalue weighted by molar-refractivity contribution is 7.15.